The zero-order chi connectivity index (χ0) is 30.2. The molecule has 0 amide bonds. The van der Waals surface area contributed by atoms with Gasteiger partial charge in [0.2, 0.25) is 11.5 Å². The average molecular weight is 591 g/mol. The van der Waals surface area contributed by atoms with Crippen molar-refractivity contribution >= 4 is 27.9 Å². The summed E-state index contributed by atoms with van der Waals surface area (Å²) in [6.45, 7) is 9.86. The molecule has 0 aliphatic heterocycles. The second-order valence-corrected chi connectivity index (χ2v) is 11.2. The largest absolute Gasteiger partial charge is 0.606 e. The van der Waals surface area contributed by atoms with Crippen LogP contribution < -0.4 is 23.7 Å². The molecule has 4 aromatic rings. The summed E-state index contributed by atoms with van der Waals surface area (Å²) >= 11 is -1.50. The maximum absolute atomic E-state index is 13.7. The summed E-state index contributed by atoms with van der Waals surface area (Å²) < 4.78 is 43.8. The summed E-state index contributed by atoms with van der Waals surface area (Å²) in [5, 5.41) is 1.19. The third kappa shape index (κ3) is 6.94. The first kappa shape index (κ1) is 31.1. The van der Waals surface area contributed by atoms with Gasteiger partial charge in [-0.05, 0) is 69.2 Å². The van der Waals surface area contributed by atoms with Crippen LogP contribution in [-0.4, -0.2) is 30.8 Å². The molecule has 2 atom stereocenters. The standard InChI is InChI=1S/C34H38O7S/c1-7-11-30(24-13-10-12-22(4)20-24)41-32-29-21-27(42(36)26-16-14-25(37-6)15-17-26)18-19-28(29)31(40-23(5)35)33(38-8-2)34(32)39-9-3/h10,12-21,30H,7-9,11H2,1-6H3. The van der Waals surface area contributed by atoms with Crippen molar-refractivity contribution in [1.29, 1.82) is 0 Å². The van der Waals surface area contributed by atoms with Crippen molar-refractivity contribution in [2.75, 3.05) is 20.3 Å². The lowest BCUT2D eigenvalue weighted by molar-refractivity contribution is -0.131. The Morgan fingerprint density at radius 3 is 2.10 bits per heavy atom. The predicted octanol–water partition coefficient (Wildman–Crippen LogP) is 7.97. The van der Waals surface area contributed by atoms with Gasteiger partial charge in [-0.2, -0.15) is 0 Å². The van der Waals surface area contributed by atoms with Crippen LogP contribution in [0.3, 0.4) is 0 Å². The van der Waals surface area contributed by atoms with Crippen molar-refractivity contribution in [2.24, 2.45) is 0 Å². The summed E-state index contributed by atoms with van der Waals surface area (Å²) in [4.78, 5) is 13.4. The monoisotopic (exact) mass is 590 g/mol. The van der Waals surface area contributed by atoms with Crippen LogP contribution in [0.1, 0.15) is 57.8 Å². The number of hydrogen-bond acceptors (Lipinski definition) is 7. The first-order chi connectivity index (χ1) is 20.3. The van der Waals surface area contributed by atoms with Gasteiger partial charge in [-0.25, -0.2) is 0 Å². The summed E-state index contributed by atoms with van der Waals surface area (Å²) in [5.41, 5.74) is 2.16. The van der Waals surface area contributed by atoms with Crippen LogP contribution in [0.5, 0.6) is 28.7 Å². The van der Waals surface area contributed by atoms with E-state index in [9.17, 15) is 9.35 Å². The molecule has 0 saturated heterocycles. The van der Waals surface area contributed by atoms with Crippen LogP contribution in [0.2, 0.25) is 0 Å². The Labute approximate surface area is 250 Å². The molecule has 8 heteroatoms. The van der Waals surface area contributed by atoms with Gasteiger partial charge in [0, 0.05) is 34.9 Å². The molecule has 0 N–H and O–H groups in total. The highest BCUT2D eigenvalue weighted by atomic mass is 32.2. The fourth-order valence-electron chi connectivity index (χ4n) is 4.79. The number of ether oxygens (including phenoxy) is 5. The molecular weight excluding hydrogens is 552 g/mol. The number of methoxy groups -OCH3 is 1. The van der Waals surface area contributed by atoms with Gasteiger partial charge in [-0.1, -0.05) is 43.2 Å². The number of carbonyl (C=O) groups is 1. The van der Waals surface area contributed by atoms with E-state index >= 15 is 0 Å². The molecule has 0 bridgehead atoms. The lowest BCUT2D eigenvalue weighted by Crippen LogP contribution is -2.12. The van der Waals surface area contributed by atoms with Crippen molar-refractivity contribution in [1.82, 2.24) is 0 Å². The molecule has 0 aromatic heterocycles. The van der Waals surface area contributed by atoms with Crippen LogP contribution in [-0.2, 0) is 16.0 Å². The molecular formula is C34H38O7S. The van der Waals surface area contributed by atoms with Gasteiger partial charge in [0.25, 0.3) is 0 Å². The number of rotatable bonds is 13. The maximum atomic E-state index is 13.7. The molecule has 0 heterocycles. The Kier molecular flexibility index (Phi) is 10.6. The molecule has 7 nitrogen and oxygen atoms in total. The minimum atomic E-state index is -1.50. The highest BCUT2D eigenvalue weighted by molar-refractivity contribution is 7.91. The van der Waals surface area contributed by atoms with Crippen LogP contribution in [0.15, 0.2) is 76.5 Å². The predicted molar refractivity (Wildman–Crippen MR) is 165 cm³/mol. The molecule has 42 heavy (non-hydrogen) atoms. The molecule has 4 rings (SSSR count). The molecule has 4 aromatic carbocycles. The van der Waals surface area contributed by atoms with E-state index in [-0.39, 0.29) is 11.9 Å². The van der Waals surface area contributed by atoms with E-state index in [1.807, 2.05) is 26.0 Å². The SMILES string of the molecule is CCCC(Oc1c(OCC)c(OCC)c(OC(C)=O)c2ccc([S+]([O-])c3ccc(OC)cc3)cc12)c1cccc(C)c1. The number of fused-ring (bicyclic) bond motifs is 1. The van der Waals surface area contributed by atoms with Crippen LogP contribution >= 0.6 is 0 Å². The van der Waals surface area contributed by atoms with E-state index in [1.165, 1.54) is 6.92 Å². The Bertz CT molecular complexity index is 1520. The van der Waals surface area contributed by atoms with E-state index in [0.717, 1.165) is 24.0 Å². The molecule has 0 aliphatic rings. The van der Waals surface area contributed by atoms with Gasteiger partial charge in [-0.3, -0.25) is 4.79 Å². The molecule has 2 unspecified atom stereocenters. The second-order valence-electron chi connectivity index (χ2n) is 9.74. The summed E-state index contributed by atoms with van der Waals surface area (Å²) in [7, 11) is 1.59. The zero-order valence-electron chi connectivity index (χ0n) is 25.0. The number of hydrogen-bond donors (Lipinski definition) is 0. The highest BCUT2D eigenvalue weighted by Crippen LogP contribution is 2.53. The lowest BCUT2D eigenvalue weighted by Gasteiger charge is -2.25. The molecule has 0 fully saturated rings. The van der Waals surface area contributed by atoms with Crippen molar-refractivity contribution in [2.45, 2.75) is 63.4 Å². The number of benzene rings is 4. The van der Waals surface area contributed by atoms with Gasteiger partial charge in [0.15, 0.2) is 21.3 Å². The Morgan fingerprint density at radius 1 is 0.833 bits per heavy atom. The topological polar surface area (TPSA) is 86.3 Å². The van der Waals surface area contributed by atoms with E-state index in [0.29, 0.717) is 56.8 Å². The van der Waals surface area contributed by atoms with E-state index in [1.54, 1.807) is 43.5 Å². The van der Waals surface area contributed by atoms with Crippen molar-refractivity contribution in [3.8, 4) is 28.7 Å². The highest BCUT2D eigenvalue weighted by Gasteiger charge is 2.29. The van der Waals surface area contributed by atoms with Crippen molar-refractivity contribution in [3.63, 3.8) is 0 Å². The summed E-state index contributed by atoms with van der Waals surface area (Å²) in [6, 6.07) is 20.7. The minimum Gasteiger partial charge on any atom is -0.606 e. The van der Waals surface area contributed by atoms with Gasteiger partial charge < -0.3 is 28.2 Å². The van der Waals surface area contributed by atoms with E-state index in [4.69, 9.17) is 23.7 Å². The van der Waals surface area contributed by atoms with Crippen molar-refractivity contribution in [3.05, 3.63) is 77.9 Å². The van der Waals surface area contributed by atoms with E-state index in [2.05, 4.69) is 32.0 Å². The van der Waals surface area contributed by atoms with Gasteiger partial charge in [-0.15, -0.1) is 0 Å². The zero-order valence-corrected chi connectivity index (χ0v) is 25.8. The Hall–Kier alpha value is -3.88. The van der Waals surface area contributed by atoms with Gasteiger partial charge in [0.1, 0.15) is 11.9 Å². The third-order valence-electron chi connectivity index (χ3n) is 6.63. The second kappa shape index (κ2) is 14.3. The fraction of sp³-hybridized carbons (Fsp3) is 0.324. The summed E-state index contributed by atoms with van der Waals surface area (Å²) in [5.74, 6) is 1.49. The number of aryl methyl sites for hydroxylation is 1. The number of carbonyl (C=O) groups excluding carboxylic acids is 1. The molecule has 0 saturated carbocycles. The maximum Gasteiger partial charge on any atom is 0.308 e. The number of esters is 1. The average Bonchev–Trinajstić information content (AvgIpc) is 2.99. The molecule has 0 spiro atoms. The van der Waals surface area contributed by atoms with Crippen LogP contribution in [0, 0.1) is 6.92 Å². The minimum absolute atomic E-state index is 0.236. The van der Waals surface area contributed by atoms with Crippen LogP contribution in [0.4, 0.5) is 0 Å². The quantitative estimate of drug-likeness (QED) is 0.0887. The molecule has 222 valence electrons. The molecule has 0 aliphatic carbocycles. The van der Waals surface area contributed by atoms with Crippen molar-refractivity contribution < 1.29 is 33.0 Å². The summed E-state index contributed by atoms with van der Waals surface area (Å²) in [6.07, 6.45) is 1.35. The first-order valence-electron chi connectivity index (χ1n) is 14.2. The smallest absolute Gasteiger partial charge is 0.308 e. The molecule has 0 radical (unpaired) electrons. The Morgan fingerprint density at radius 2 is 1.50 bits per heavy atom. The van der Waals surface area contributed by atoms with Gasteiger partial charge >= 0.3 is 5.97 Å². The lowest BCUT2D eigenvalue weighted by atomic mass is 10.0. The normalized spacial score (nSPS) is 12.5. The van der Waals surface area contributed by atoms with Crippen LogP contribution in [0.25, 0.3) is 10.8 Å². The first-order valence-corrected chi connectivity index (χ1v) is 15.3. The van der Waals surface area contributed by atoms with Gasteiger partial charge in [0.05, 0.1) is 20.3 Å². The third-order valence-corrected chi connectivity index (χ3v) is 8.02. The Balaban J connectivity index is 1.98. The van der Waals surface area contributed by atoms with E-state index < -0.39 is 17.1 Å². The fourth-order valence-corrected chi connectivity index (χ4v) is 5.86.